The molecule has 0 amide bonds. The van der Waals surface area contributed by atoms with E-state index >= 15 is 0 Å². The SMILES string of the molecule is CCCCC=CC=CC=CCCCCCCCCOC(=O)OCCCCCCCC/C=C\CCCC. The standard InChI is InChI=1S/C33H58O3/c1-3-5-7-9-11-13-15-17-18-19-20-22-24-26-28-30-32-36-33(34)35-31-29-27-25-23-21-16-14-12-10-8-6-4-2/h9-13,15,17-18H,3-8,14,16,19-32H2,1-2H3/b11-9?,12-10-,15-13?,18-17?. The number of rotatable bonds is 26. The van der Waals surface area contributed by atoms with Gasteiger partial charge in [0.25, 0.3) is 0 Å². The van der Waals surface area contributed by atoms with Gasteiger partial charge >= 0.3 is 6.16 Å². The maximum atomic E-state index is 11.6. The average Bonchev–Trinajstić information content (AvgIpc) is 2.88. The van der Waals surface area contributed by atoms with Gasteiger partial charge in [0.1, 0.15) is 0 Å². The van der Waals surface area contributed by atoms with Crippen LogP contribution in [0.2, 0.25) is 0 Å². The fourth-order valence-electron chi connectivity index (χ4n) is 3.85. The molecule has 0 aliphatic carbocycles. The number of carbonyl (C=O) groups excluding carboxylic acids is 1. The minimum Gasteiger partial charge on any atom is -0.434 e. The normalized spacial score (nSPS) is 12.1. The van der Waals surface area contributed by atoms with Gasteiger partial charge < -0.3 is 9.47 Å². The lowest BCUT2D eigenvalue weighted by Gasteiger charge is -2.06. The van der Waals surface area contributed by atoms with Gasteiger partial charge in [0.2, 0.25) is 0 Å². The Kier molecular flexibility index (Phi) is 29.7. The van der Waals surface area contributed by atoms with Crippen molar-refractivity contribution in [3.05, 3.63) is 48.6 Å². The van der Waals surface area contributed by atoms with Gasteiger partial charge in [-0.05, 0) is 51.4 Å². The van der Waals surface area contributed by atoms with Gasteiger partial charge in [-0.1, -0.05) is 140 Å². The van der Waals surface area contributed by atoms with Gasteiger partial charge in [-0.3, -0.25) is 0 Å². The first-order chi connectivity index (χ1) is 17.8. The lowest BCUT2D eigenvalue weighted by molar-refractivity contribution is 0.0529. The van der Waals surface area contributed by atoms with Crippen LogP contribution in [0.4, 0.5) is 4.79 Å². The fraction of sp³-hybridized carbons (Fsp3) is 0.727. The van der Waals surface area contributed by atoms with E-state index in [0.29, 0.717) is 13.2 Å². The van der Waals surface area contributed by atoms with E-state index in [2.05, 4.69) is 62.5 Å². The van der Waals surface area contributed by atoms with E-state index in [1.54, 1.807) is 0 Å². The highest BCUT2D eigenvalue weighted by molar-refractivity contribution is 5.59. The maximum Gasteiger partial charge on any atom is 0.508 e. The topological polar surface area (TPSA) is 35.5 Å². The molecule has 0 aliphatic heterocycles. The molecule has 0 aromatic carbocycles. The lowest BCUT2D eigenvalue weighted by atomic mass is 10.1. The van der Waals surface area contributed by atoms with E-state index in [9.17, 15) is 4.79 Å². The molecule has 3 heteroatoms. The molecular formula is C33H58O3. The van der Waals surface area contributed by atoms with E-state index in [-0.39, 0.29) is 0 Å². The third-order valence-electron chi connectivity index (χ3n) is 6.19. The molecule has 0 atom stereocenters. The molecule has 0 heterocycles. The van der Waals surface area contributed by atoms with Crippen LogP contribution < -0.4 is 0 Å². The molecule has 0 saturated heterocycles. The second kappa shape index (κ2) is 31.3. The summed E-state index contributed by atoms with van der Waals surface area (Å²) in [7, 11) is 0. The first-order valence-electron chi connectivity index (χ1n) is 15.2. The Morgan fingerprint density at radius 2 is 0.806 bits per heavy atom. The summed E-state index contributed by atoms with van der Waals surface area (Å²) in [5, 5.41) is 0. The van der Waals surface area contributed by atoms with Crippen LogP contribution >= 0.6 is 0 Å². The Balaban J connectivity index is 3.29. The minimum absolute atomic E-state index is 0.480. The molecule has 0 saturated carbocycles. The summed E-state index contributed by atoms with van der Waals surface area (Å²) < 4.78 is 10.4. The van der Waals surface area contributed by atoms with Gasteiger partial charge in [0, 0.05) is 0 Å². The van der Waals surface area contributed by atoms with Crippen LogP contribution in [0.3, 0.4) is 0 Å². The summed E-state index contributed by atoms with van der Waals surface area (Å²) in [6.07, 6.45) is 41.2. The van der Waals surface area contributed by atoms with E-state index in [1.807, 2.05) is 0 Å². The Hall–Kier alpha value is -1.77. The summed E-state index contributed by atoms with van der Waals surface area (Å²) in [6.45, 7) is 5.42. The molecule has 36 heavy (non-hydrogen) atoms. The van der Waals surface area contributed by atoms with Crippen LogP contribution in [0.5, 0.6) is 0 Å². The minimum atomic E-state index is -0.498. The Bertz CT molecular complexity index is 559. The summed E-state index contributed by atoms with van der Waals surface area (Å²) in [6, 6.07) is 0. The highest BCUT2D eigenvalue weighted by Crippen LogP contribution is 2.10. The quantitative estimate of drug-likeness (QED) is 0.0510. The van der Waals surface area contributed by atoms with Crippen LogP contribution in [-0.2, 0) is 9.47 Å². The van der Waals surface area contributed by atoms with E-state index in [4.69, 9.17) is 9.47 Å². The zero-order valence-corrected chi connectivity index (χ0v) is 23.9. The Morgan fingerprint density at radius 3 is 1.28 bits per heavy atom. The number of hydrogen-bond donors (Lipinski definition) is 0. The number of unbranched alkanes of at least 4 members (excludes halogenated alkanes) is 16. The molecule has 3 nitrogen and oxygen atoms in total. The van der Waals surface area contributed by atoms with Gasteiger partial charge in [-0.15, -0.1) is 0 Å². The Labute approximate surface area is 224 Å². The fourth-order valence-corrected chi connectivity index (χ4v) is 3.85. The average molecular weight is 503 g/mol. The summed E-state index contributed by atoms with van der Waals surface area (Å²) in [4.78, 5) is 11.6. The second-order valence-corrected chi connectivity index (χ2v) is 9.76. The van der Waals surface area contributed by atoms with Crippen molar-refractivity contribution in [2.45, 2.75) is 142 Å². The van der Waals surface area contributed by atoms with Crippen molar-refractivity contribution in [3.63, 3.8) is 0 Å². The van der Waals surface area contributed by atoms with Crippen molar-refractivity contribution in [1.82, 2.24) is 0 Å². The largest absolute Gasteiger partial charge is 0.508 e. The predicted molar refractivity (Wildman–Crippen MR) is 158 cm³/mol. The first-order valence-corrected chi connectivity index (χ1v) is 15.2. The molecule has 0 radical (unpaired) electrons. The summed E-state index contributed by atoms with van der Waals surface area (Å²) >= 11 is 0. The molecule has 0 bridgehead atoms. The number of hydrogen-bond acceptors (Lipinski definition) is 3. The zero-order valence-electron chi connectivity index (χ0n) is 23.9. The van der Waals surface area contributed by atoms with Crippen molar-refractivity contribution in [2.75, 3.05) is 13.2 Å². The highest BCUT2D eigenvalue weighted by atomic mass is 16.7. The van der Waals surface area contributed by atoms with Crippen LogP contribution in [0.15, 0.2) is 48.6 Å². The molecule has 0 aromatic rings. The Morgan fingerprint density at radius 1 is 0.444 bits per heavy atom. The molecule has 0 spiro atoms. The molecule has 0 aliphatic rings. The number of ether oxygens (including phenoxy) is 2. The highest BCUT2D eigenvalue weighted by Gasteiger charge is 2.03. The lowest BCUT2D eigenvalue weighted by Crippen LogP contribution is -2.09. The van der Waals surface area contributed by atoms with E-state index in [0.717, 1.165) is 32.1 Å². The van der Waals surface area contributed by atoms with Crippen LogP contribution in [0.25, 0.3) is 0 Å². The van der Waals surface area contributed by atoms with Crippen molar-refractivity contribution in [1.29, 1.82) is 0 Å². The third kappa shape index (κ3) is 30.3. The maximum absolute atomic E-state index is 11.6. The number of allylic oxidation sites excluding steroid dienone is 8. The molecule has 208 valence electrons. The summed E-state index contributed by atoms with van der Waals surface area (Å²) in [5.41, 5.74) is 0. The molecule has 0 fully saturated rings. The van der Waals surface area contributed by atoms with E-state index in [1.165, 1.54) is 96.3 Å². The van der Waals surface area contributed by atoms with Crippen LogP contribution in [0.1, 0.15) is 142 Å². The van der Waals surface area contributed by atoms with Gasteiger partial charge in [-0.2, -0.15) is 0 Å². The molecule has 0 rings (SSSR count). The van der Waals surface area contributed by atoms with E-state index < -0.39 is 6.16 Å². The van der Waals surface area contributed by atoms with Crippen molar-refractivity contribution >= 4 is 6.16 Å². The van der Waals surface area contributed by atoms with Crippen LogP contribution in [0, 0.1) is 0 Å². The second-order valence-electron chi connectivity index (χ2n) is 9.76. The predicted octanol–water partition coefficient (Wildman–Crippen LogP) is 11.2. The first kappa shape index (κ1) is 34.2. The molecule has 0 unspecified atom stereocenters. The zero-order chi connectivity index (χ0) is 26.2. The van der Waals surface area contributed by atoms with Gasteiger partial charge in [0.05, 0.1) is 13.2 Å². The third-order valence-corrected chi connectivity index (χ3v) is 6.19. The van der Waals surface area contributed by atoms with Gasteiger partial charge in [0.15, 0.2) is 0 Å². The van der Waals surface area contributed by atoms with Gasteiger partial charge in [-0.25, -0.2) is 4.79 Å². The summed E-state index contributed by atoms with van der Waals surface area (Å²) in [5.74, 6) is 0. The molecule has 0 N–H and O–H groups in total. The number of carbonyl (C=O) groups is 1. The monoisotopic (exact) mass is 502 g/mol. The van der Waals surface area contributed by atoms with Crippen LogP contribution in [-0.4, -0.2) is 19.4 Å². The van der Waals surface area contributed by atoms with Crippen molar-refractivity contribution in [2.24, 2.45) is 0 Å². The smallest absolute Gasteiger partial charge is 0.434 e. The molecule has 0 aromatic heterocycles. The molecular weight excluding hydrogens is 444 g/mol. The van der Waals surface area contributed by atoms with Crippen molar-refractivity contribution in [3.8, 4) is 0 Å². The van der Waals surface area contributed by atoms with Crippen molar-refractivity contribution < 1.29 is 14.3 Å².